The van der Waals surface area contributed by atoms with Crippen LogP contribution >= 0.6 is 0 Å². The molecular formula is C25H22F4. The van der Waals surface area contributed by atoms with Gasteiger partial charge in [0.05, 0.1) is 5.56 Å². The molecule has 29 heavy (non-hydrogen) atoms. The Morgan fingerprint density at radius 3 is 2.14 bits per heavy atom. The molecule has 0 aliphatic heterocycles. The molecule has 0 nitrogen and oxygen atoms in total. The first-order valence-electron chi connectivity index (χ1n) is 9.99. The molecule has 0 amide bonds. The quantitative estimate of drug-likeness (QED) is 0.397. The Hall–Kier alpha value is -2.62. The van der Waals surface area contributed by atoms with Crippen molar-refractivity contribution in [3.05, 3.63) is 82.7 Å². The van der Waals surface area contributed by atoms with Gasteiger partial charge in [-0.3, -0.25) is 0 Å². The Morgan fingerprint density at radius 1 is 0.793 bits per heavy atom. The summed E-state index contributed by atoms with van der Waals surface area (Å²) in [6.07, 6.45) is 0.649. The first-order valence-corrected chi connectivity index (χ1v) is 9.99. The fraction of sp³-hybridized carbons (Fsp3) is 0.280. The van der Waals surface area contributed by atoms with E-state index in [0.29, 0.717) is 11.1 Å². The summed E-state index contributed by atoms with van der Waals surface area (Å²) in [4.78, 5) is 0. The molecule has 0 bridgehead atoms. The third kappa shape index (κ3) is 3.93. The molecule has 150 valence electrons. The lowest BCUT2D eigenvalue weighted by Gasteiger charge is -2.22. The van der Waals surface area contributed by atoms with E-state index in [0.717, 1.165) is 60.9 Å². The second-order valence-electron chi connectivity index (χ2n) is 7.66. The molecule has 0 unspecified atom stereocenters. The van der Waals surface area contributed by atoms with Crippen LogP contribution in [0.15, 0.2) is 54.6 Å². The van der Waals surface area contributed by atoms with Crippen LogP contribution < -0.4 is 0 Å². The average Bonchev–Trinajstić information content (AvgIpc) is 2.71. The predicted molar refractivity (Wildman–Crippen MR) is 108 cm³/mol. The smallest absolute Gasteiger partial charge is 0.206 e. The number of hydrogen-bond acceptors (Lipinski definition) is 0. The van der Waals surface area contributed by atoms with Gasteiger partial charge in [-0.1, -0.05) is 43.7 Å². The van der Waals surface area contributed by atoms with Crippen molar-refractivity contribution in [1.82, 2.24) is 0 Å². The molecule has 0 heterocycles. The SMILES string of the molecule is CCCCc1ccc2c(c1)CCc1cc(-c3ccc(C(F)(F)F)cc3)c(F)cc1-2. The normalized spacial score (nSPS) is 13.1. The van der Waals surface area contributed by atoms with Crippen LogP contribution in [0, 0.1) is 5.82 Å². The second-order valence-corrected chi connectivity index (χ2v) is 7.66. The van der Waals surface area contributed by atoms with Gasteiger partial charge in [-0.25, -0.2) is 4.39 Å². The van der Waals surface area contributed by atoms with Crippen LogP contribution in [0.5, 0.6) is 0 Å². The first-order chi connectivity index (χ1) is 13.9. The van der Waals surface area contributed by atoms with Gasteiger partial charge in [-0.15, -0.1) is 0 Å². The van der Waals surface area contributed by atoms with Crippen LogP contribution in [0.3, 0.4) is 0 Å². The summed E-state index contributed by atoms with van der Waals surface area (Å²) in [6.45, 7) is 2.17. The molecule has 1 aliphatic carbocycles. The van der Waals surface area contributed by atoms with E-state index in [1.807, 2.05) is 0 Å². The van der Waals surface area contributed by atoms with Gasteiger partial charge < -0.3 is 0 Å². The maximum Gasteiger partial charge on any atom is 0.416 e. The molecule has 0 spiro atoms. The number of halogens is 4. The van der Waals surface area contributed by atoms with E-state index in [9.17, 15) is 17.6 Å². The van der Waals surface area contributed by atoms with Gasteiger partial charge in [0.25, 0.3) is 0 Å². The maximum atomic E-state index is 14.9. The molecule has 0 saturated heterocycles. The summed E-state index contributed by atoms with van der Waals surface area (Å²) in [7, 11) is 0. The topological polar surface area (TPSA) is 0 Å². The van der Waals surface area contributed by atoms with Crippen LogP contribution in [0.4, 0.5) is 17.6 Å². The van der Waals surface area contributed by atoms with Gasteiger partial charge in [0, 0.05) is 5.56 Å². The van der Waals surface area contributed by atoms with Gasteiger partial charge in [0.2, 0.25) is 0 Å². The zero-order chi connectivity index (χ0) is 20.6. The van der Waals surface area contributed by atoms with Crippen LogP contribution in [-0.2, 0) is 25.4 Å². The van der Waals surface area contributed by atoms with Crippen molar-refractivity contribution in [2.45, 2.75) is 45.2 Å². The molecule has 1 aliphatic rings. The molecule has 0 fully saturated rings. The lowest BCUT2D eigenvalue weighted by atomic mass is 9.83. The summed E-state index contributed by atoms with van der Waals surface area (Å²) >= 11 is 0. The van der Waals surface area contributed by atoms with Gasteiger partial charge in [0.1, 0.15) is 5.82 Å². The van der Waals surface area contributed by atoms with E-state index in [1.54, 1.807) is 6.07 Å². The van der Waals surface area contributed by atoms with Crippen LogP contribution in [-0.4, -0.2) is 0 Å². The lowest BCUT2D eigenvalue weighted by Crippen LogP contribution is -2.06. The third-order valence-corrected chi connectivity index (χ3v) is 5.66. The summed E-state index contributed by atoms with van der Waals surface area (Å²) < 4.78 is 53.3. The molecule has 4 rings (SSSR count). The molecule has 0 aromatic heterocycles. The number of benzene rings is 3. The Morgan fingerprint density at radius 2 is 1.48 bits per heavy atom. The fourth-order valence-electron chi connectivity index (χ4n) is 4.06. The monoisotopic (exact) mass is 398 g/mol. The highest BCUT2D eigenvalue weighted by molar-refractivity contribution is 5.78. The standard InChI is InChI=1S/C25H22F4/c1-2-3-4-16-5-12-21-18(13-16)6-7-19-14-23(24(26)15-22(19)21)17-8-10-20(11-9-17)25(27,28)29/h5,8-15H,2-4,6-7H2,1H3. The molecule has 0 saturated carbocycles. The molecule has 0 atom stereocenters. The minimum Gasteiger partial charge on any atom is -0.206 e. The van der Waals surface area contributed by atoms with Crippen molar-refractivity contribution in [3.8, 4) is 22.3 Å². The second kappa shape index (κ2) is 7.66. The van der Waals surface area contributed by atoms with Gasteiger partial charge in [-0.05, 0) is 83.3 Å². The third-order valence-electron chi connectivity index (χ3n) is 5.66. The largest absolute Gasteiger partial charge is 0.416 e. The molecular weight excluding hydrogens is 376 g/mol. The lowest BCUT2D eigenvalue weighted by molar-refractivity contribution is -0.137. The highest BCUT2D eigenvalue weighted by Gasteiger charge is 2.30. The number of unbranched alkanes of at least 4 members (excludes halogenated alkanes) is 1. The van der Waals surface area contributed by atoms with Gasteiger partial charge in [-0.2, -0.15) is 13.2 Å². The van der Waals surface area contributed by atoms with E-state index in [4.69, 9.17) is 0 Å². The fourth-order valence-corrected chi connectivity index (χ4v) is 4.06. The van der Waals surface area contributed by atoms with E-state index < -0.39 is 17.6 Å². The van der Waals surface area contributed by atoms with Crippen molar-refractivity contribution in [3.63, 3.8) is 0 Å². The van der Waals surface area contributed by atoms with Crippen molar-refractivity contribution in [1.29, 1.82) is 0 Å². The highest BCUT2D eigenvalue weighted by atomic mass is 19.4. The van der Waals surface area contributed by atoms with Crippen molar-refractivity contribution in [2.24, 2.45) is 0 Å². The molecule has 4 heteroatoms. The van der Waals surface area contributed by atoms with Crippen molar-refractivity contribution in [2.75, 3.05) is 0 Å². The Balaban J connectivity index is 1.69. The predicted octanol–water partition coefficient (Wildman–Crippen LogP) is 7.62. The van der Waals surface area contributed by atoms with E-state index in [2.05, 4.69) is 25.1 Å². The van der Waals surface area contributed by atoms with Crippen LogP contribution in [0.1, 0.15) is 42.0 Å². The molecule has 3 aromatic carbocycles. The zero-order valence-corrected chi connectivity index (χ0v) is 16.2. The summed E-state index contributed by atoms with van der Waals surface area (Å²) in [5.41, 5.74) is 5.62. The Labute approximate surface area is 168 Å². The van der Waals surface area contributed by atoms with E-state index in [-0.39, 0.29) is 0 Å². The summed E-state index contributed by atoms with van der Waals surface area (Å²) in [6, 6.07) is 14.4. The minimum absolute atomic E-state index is 0.348. The van der Waals surface area contributed by atoms with Crippen molar-refractivity contribution >= 4 is 0 Å². The molecule has 0 radical (unpaired) electrons. The van der Waals surface area contributed by atoms with Gasteiger partial charge >= 0.3 is 6.18 Å². The van der Waals surface area contributed by atoms with Crippen LogP contribution in [0.25, 0.3) is 22.3 Å². The van der Waals surface area contributed by atoms with Crippen molar-refractivity contribution < 1.29 is 17.6 Å². The van der Waals surface area contributed by atoms with E-state index >= 15 is 0 Å². The van der Waals surface area contributed by atoms with Crippen LogP contribution in [0.2, 0.25) is 0 Å². The van der Waals surface area contributed by atoms with E-state index in [1.165, 1.54) is 29.3 Å². The number of rotatable bonds is 4. The zero-order valence-electron chi connectivity index (χ0n) is 16.2. The molecule has 3 aromatic rings. The summed E-state index contributed by atoms with van der Waals surface area (Å²) in [5, 5.41) is 0. The number of alkyl halides is 3. The first kappa shape index (κ1) is 19.7. The number of fused-ring (bicyclic) bond motifs is 3. The Kier molecular flexibility index (Phi) is 5.20. The summed E-state index contributed by atoms with van der Waals surface area (Å²) in [5.74, 6) is -0.411. The minimum atomic E-state index is -4.40. The average molecular weight is 398 g/mol. The highest BCUT2D eigenvalue weighted by Crippen LogP contribution is 2.38. The molecule has 0 N–H and O–H groups in total. The number of hydrogen-bond donors (Lipinski definition) is 0. The number of aryl methyl sites for hydroxylation is 3. The maximum absolute atomic E-state index is 14.9. The van der Waals surface area contributed by atoms with Gasteiger partial charge in [0.15, 0.2) is 0 Å². The Bertz CT molecular complexity index is 1030.